The quantitative estimate of drug-likeness (QED) is 0.429. The number of benzene rings is 3. The third kappa shape index (κ3) is 2.22. The zero-order chi connectivity index (χ0) is 22.1. The predicted molar refractivity (Wildman–Crippen MR) is 128 cm³/mol. The standard InChI is InChI=1S/C26H25N3O3/c1-5-28-19-9-7-14(31-3)11-16(19)21-18-13-27-26(30)23(18)22-17-12-15(32-4)8-10-20(17)29(6-2)25(22)24(21)28/h7-12H,5-6,13H2,1-4H3,(H,27,30). The Kier molecular flexibility index (Phi) is 3.97. The highest BCUT2D eigenvalue weighted by Crippen LogP contribution is 2.45. The van der Waals surface area contributed by atoms with Crippen LogP contribution >= 0.6 is 0 Å². The summed E-state index contributed by atoms with van der Waals surface area (Å²) in [5.74, 6) is 1.60. The molecular formula is C26H25N3O3. The lowest BCUT2D eigenvalue weighted by molar-refractivity contribution is 0.0967. The van der Waals surface area contributed by atoms with E-state index in [2.05, 4.69) is 52.6 Å². The van der Waals surface area contributed by atoms with Crippen molar-refractivity contribution in [3.8, 4) is 11.5 Å². The molecule has 3 heterocycles. The number of nitrogens with one attached hydrogen (secondary N) is 1. The molecule has 1 aliphatic rings. The molecule has 5 aromatic rings. The fourth-order valence-corrected chi connectivity index (χ4v) is 5.59. The van der Waals surface area contributed by atoms with Crippen LogP contribution in [-0.2, 0) is 19.6 Å². The van der Waals surface area contributed by atoms with Crippen LogP contribution in [0.4, 0.5) is 0 Å². The van der Waals surface area contributed by atoms with E-state index >= 15 is 0 Å². The molecule has 1 N–H and O–H groups in total. The molecule has 32 heavy (non-hydrogen) atoms. The van der Waals surface area contributed by atoms with Crippen LogP contribution in [0.25, 0.3) is 43.6 Å². The summed E-state index contributed by atoms with van der Waals surface area (Å²) in [5.41, 5.74) is 6.42. The molecule has 0 radical (unpaired) electrons. The number of hydrogen-bond acceptors (Lipinski definition) is 3. The van der Waals surface area contributed by atoms with Gasteiger partial charge >= 0.3 is 0 Å². The molecule has 1 amide bonds. The van der Waals surface area contributed by atoms with Crippen molar-refractivity contribution in [3.05, 3.63) is 47.5 Å². The summed E-state index contributed by atoms with van der Waals surface area (Å²) in [5, 5.41) is 7.43. The Labute approximate surface area is 185 Å². The van der Waals surface area contributed by atoms with Gasteiger partial charge < -0.3 is 23.9 Å². The van der Waals surface area contributed by atoms with Gasteiger partial charge in [0, 0.05) is 52.2 Å². The van der Waals surface area contributed by atoms with Crippen molar-refractivity contribution < 1.29 is 14.3 Å². The van der Waals surface area contributed by atoms with Gasteiger partial charge in [-0.3, -0.25) is 4.79 Å². The summed E-state index contributed by atoms with van der Waals surface area (Å²) >= 11 is 0. The van der Waals surface area contributed by atoms with Crippen LogP contribution in [0.1, 0.15) is 29.8 Å². The van der Waals surface area contributed by atoms with E-state index in [1.165, 1.54) is 5.52 Å². The Bertz CT molecular complexity index is 1590. The summed E-state index contributed by atoms with van der Waals surface area (Å²) in [6.07, 6.45) is 0. The Morgan fingerprint density at radius 3 is 1.91 bits per heavy atom. The zero-order valence-corrected chi connectivity index (χ0v) is 18.7. The highest BCUT2D eigenvalue weighted by molar-refractivity contribution is 6.30. The van der Waals surface area contributed by atoms with E-state index in [0.29, 0.717) is 6.54 Å². The number of methoxy groups -OCH3 is 2. The maximum atomic E-state index is 13.2. The van der Waals surface area contributed by atoms with Crippen molar-refractivity contribution in [1.82, 2.24) is 14.5 Å². The second-order valence-electron chi connectivity index (χ2n) is 8.24. The lowest BCUT2D eigenvalue weighted by atomic mass is 9.97. The molecule has 0 spiro atoms. The normalized spacial score (nSPS) is 13.4. The van der Waals surface area contributed by atoms with Gasteiger partial charge in [-0.2, -0.15) is 0 Å². The molecule has 0 bridgehead atoms. The SMILES string of the molecule is CCn1c2ccc(OC)cc2c2c3c(c4c5cc(OC)ccc5n(CC)c4c21)C(=O)NC3. The number of nitrogens with zero attached hydrogens (tertiary/aromatic N) is 2. The second-order valence-corrected chi connectivity index (χ2v) is 8.24. The summed E-state index contributed by atoms with van der Waals surface area (Å²) in [6, 6.07) is 12.4. The fourth-order valence-electron chi connectivity index (χ4n) is 5.59. The molecule has 3 aromatic carbocycles. The fraction of sp³-hybridized carbons (Fsp3) is 0.269. The van der Waals surface area contributed by atoms with Gasteiger partial charge in [0.05, 0.1) is 30.8 Å². The highest BCUT2D eigenvalue weighted by atomic mass is 16.5. The number of fused-ring (bicyclic) bond motifs is 10. The van der Waals surface area contributed by atoms with Gasteiger partial charge in [0.15, 0.2) is 0 Å². The van der Waals surface area contributed by atoms with Crippen molar-refractivity contribution in [1.29, 1.82) is 0 Å². The van der Waals surface area contributed by atoms with Gasteiger partial charge in [0.2, 0.25) is 0 Å². The van der Waals surface area contributed by atoms with Gasteiger partial charge in [-0.05, 0) is 55.8 Å². The van der Waals surface area contributed by atoms with Crippen LogP contribution in [0, 0.1) is 0 Å². The number of aromatic nitrogens is 2. The second kappa shape index (κ2) is 6.66. The van der Waals surface area contributed by atoms with E-state index in [9.17, 15) is 4.79 Å². The van der Waals surface area contributed by atoms with Crippen LogP contribution in [-0.4, -0.2) is 29.3 Å². The molecule has 2 aromatic heterocycles. The average molecular weight is 428 g/mol. The Balaban J connectivity index is 1.98. The average Bonchev–Trinajstić information content (AvgIpc) is 3.46. The summed E-state index contributed by atoms with van der Waals surface area (Å²) in [6.45, 7) is 6.49. The third-order valence-electron chi connectivity index (χ3n) is 6.90. The van der Waals surface area contributed by atoms with Crippen LogP contribution in [0.3, 0.4) is 0 Å². The van der Waals surface area contributed by atoms with E-state index in [1.54, 1.807) is 14.2 Å². The largest absolute Gasteiger partial charge is 0.497 e. The molecule has 6 rings (SSSR count). The van der Waals surface area contributed by atoms with E-state index in [4.69, 9.17) is 9.47 Å². The molecule has 0 aliphatic carbocycles. The maximum absolute atomic E-state index is 13.2. The van der Waals surface area contributed by atoms with Crippen LogP contribution < -0.4 is 14.8 Å². The van der Waals surface area contributed by atoms with E-state index in [1.807, 2.05) is 12.1 Å². The highest BCUT2D eigenvalue weighted by Gasteiger charge is 2.31. The van der Waals surface area contributed by atoms with Gasteiger partial charge in [0.25, 0.3) is 5.91 Å². The number of aryl methyl sites for hydroxylation is 2. The molecule has 1 aliphatic heterocycles. The predicted octanol–water partition coefficient (Wildman–Crippen LogP) is 5.20. The monoisotopic (exact) mass is 427 g/mol. The van der Waals surface area contributed by atoms with E-state index < -0.39 is 0 Å². The number of hydrogen-bond donors (Lipinski definition) is 1. The first-order valence-corrected chi connectivity index (χ1v) is 11.1. The van der Waals surface area contributed by atoms with Gasteiger partial charge in [-0.25, -0.2) is 0 Å². The van der Waals surface area contributed by atoms with Crippen molar-refractivity contribution in [2.75, 3.05) is 14.2 Å². The first kappa shape index (κ1) is 19.0. The van der Waals surface area contributed by atoms with Crippen molar-refractivity contribution >= 4 is 49.5 Å². The minimum absolute atomic E-state index is 0.00910. The number of amides is 1. The minimum atomic E-state index is -0.00910. The Morgan fingerprint density at radius 1 is 0.844 bits per heavy atom. The molecule has 0 saturated carbocycles. The molecule has 6 nitrogen and oxygen atoms in total. The lowest BCUT2D eigenvalue weighted by Gasteiger charge is -2.11. The Morgan fingerprint density at radius 2 is 1.38 bits per heavy atom. The zero-order valence-electron chi connectivity index (χ0n) is 18.7. The number of ether oxygens (including phenoxy) is 2. The van der Waals surface area contributed by atoms with Crippen molar-refractivity contribution in [2.24, 2.45) is 0 Å². The number of rotatable bonds is 4. The lowest BCUT2D eigenvalue weighted by Crippen LogP contribution is -2.12. The molecule has 162 valence electrons. The third-order valence-corrected chi connectivity index (χ3v) is 6.90. The smallest absolute Gasteiger partial charge is 0.252 e. The maximum Gasteiger partial charge on any atom is 0.252 e. The molecular weight excluding hydrogens is 402 g/mol. The number of carbonyl (C=O) groups excluding carboxylic acids is 1. The first-order valence-electron chi connectivity index (χ1n) is 11.1. The molecule has 6 heteroatoms. The van der Waals surface area contributed by atoms with Gasteiger partial charge in [-0.1, -0.05) is 0 Å². The van der Waals surface area contributed by atoms with Gasteiger partial charge in [0.1, 0.15) is 11.5 Å². The van der Waals surface area contributed by atoms with Crippen molar-refractivity contribution in [3.63, 3.8) is 0 Å². The van der Waals surface area contributed by atoms with Crippen LogP contribution in [0.5, 0.6) is 11.5 Å². The van der Waals surface area contributed by atoms with Crippen LogP contribution in [0.2, 0.25) is 0 Å². The van der Waals surface area contributed by atoms with Crippen LogP contribution in [0.15, 0.2) is 36.4 Å². The molecule has 0 atom stereocenters. The van der Waals surface area contributed by atoms with Crippen molar-refractivity contribution in [2.45, 2.75) is 33.5 Å². The summed E-state index contributed by atoms with van der Waals surface area (Å²) < 4.78 is 15.8. The first-order chi connectivity index (χ1) is 15.6. The summed E-state index contributed by atoms with van der Waals surface area (Å²) in [7, 11) is 3.37. The molecule has 0 fully saturated rings. The molecule has 0 saturated heterocycles. The topological polar surface area (TPSA) is 57.4 Å². The van der Waals surface area contributed by atoms with E-state index in [-0.39, 0.29) is 5.91 Å². The molecule has 0 unspecified atom stereocenters. The van der Waals surface area contributed by atoms with Gasteiger partial charge in [-0.15, -0.1) is 0 Å². The van der Waals surface area contributed by atoms with E-state index in [0.717, 1.165) is 73.8 Å². The summed E-state index contributed by atoms with van der Waals surface area (Å²) in [4.78, 5) is 13.2. The Hall–Kier alpha value is -3.67. The number of carbonyl (C=O) groups is 1. The minimum Gasteiger partial charge on any atom is -0.497 e.